The maximum Gasteiger partial charge on any atom is 0.243 e. The van der Waals surface area contributed by atoms with Gasteiger partial charge >= 0.3 is 0 Å². The van der Waals surface area contributed by atoms with Crippen LogP contribution in [0.15, 0.2) is 18.2 Å². The van der Waals surface area contributed by atoms with E-state index in [1.807, 2.05) is 0 Å². The Morgan fingerprint density at radius 1 is 1.23 bits per heavy atom. The highest BCUT2D eigenvalue weighted by molar-refractivity contribution is 7.13. The van der Waals surface area contributed by atoms with Gasteiger partial charge in [0.15, 0.2) is 11.5 Å². The van der Waals surface area contributed by atoms with Crippen LogP contribution >= 0.6 is 9.39 Å². The highest BCUT2D eigenvalue weighted by Gasteiger charge is 2.32. The predicted octanol–water partition coefficient (Wildman–Crippen LogP) is 0.862. The first-order valence-corrected chi connectivity index (χ1v) is 8.11. The van der Waals surface area contributed by atoms with Crippen molar-refractivity contribution in [1.29, 1.82) is 0 Å². The van der Waals surface area contributed by atoms with Gasteiger partial charge in [0.2, 0.25) is 5.91 Å². The number of amides is 1. The fourth-order valence-electron chi connectivity index (χ4n) is 2.87. The Morgan fingerprint density at radius 2 is 1.91 bits per heavy atom. The number of rotatable bonds is 4. The Balaban J connectivity index is 1.78. The van der Waals surface area contributed by atoms with E-state index < -0.39 is 12.1 Å². The average molecular weight is 324 g/mol. The van der Waals surface area contributed by atoms with Gasteiger partial charge in [-0.2, -0.15) is 0 Å². The summed E-state index contributed by atoms with van der Waals surface area (Å²) < 4.78 is 11.0. The van der Waals surface area contributed by atoms with Crippen molar-refractivity contribution in [2.24, 2.45) is 0 Å². The molecular weight excluding hydrogens is 303 g/mol. The second-order valence-electron chi connectivity index (χ2n) is 5.52. The van der Waals surface area contributed by atoms with E-state index in [4.69, 9.17) is 9.47 Å². The van der Waals surface area contributed by atoms with Crippen LogP contribution in [0.5, 0.6) is 11.5 Å². The summed E-state index contributed by atoms with van der Waals surface area (Å²) in [4.78, 5) is 14.3. The molecule has 0 spiro atoms. The molecule has 22 heavy (non-hydrogen) atoms. The minimum Gasteiger partial charge on any atom is -0.486 e. The quantitative estimate of drug-likeness (QED) is 0.804. The van der Waals surface area contributed by atoms with Crippen LogP contribution < -0.4 is 14.6 Å². The number of nitrogens with zero attached hydrogens (tertiary/aromatic N) is 1. The van der Waals surface area contributed by atoms with E-state index >= 15 is 0 Å². The molecule has 0 aromatic heterocycles. The molecular formula is C15H21N2O4P. The normalized spacial score (nSPS) is 19.8. The number of ether oxygens (including phenoxy) is 2. The Kier molecular flexibility index (Phi) is 4.81. The zero-order chi connectivity index (χ0) is 15.5. The molecule has 0 aliphatic carbocycles. The van der Waals surface area contributed by atoms with Crippen LogP contribution in [0, 0.1) is 0 Å². The molecule has 7 heteroatoms. The van der Waals surface area contributed by atoms with Gasteiger partial charge in [0.25, 0.3) is 0 Å². The maximum absolute atomic E-state index is 12.5. The van der Waals surface area contributed by atoms with Crippen LogP contribution in [-0.4, -0.2) is 48.3 Å². The number of hydrogen-bond acceptors (Lipinski definition) is 5. The van der Waals surface area contributed by atoms with Crippen molar-refractivity contribution < 1.29 is 19.4 Å². The van der Waals surface area contributed by atoms with E-state index in [-0.39, 0.29) is 5.91 Å². The average Bonchev–Trinajstić information content (AvgIpc) is 3.09. The second-order valence-corrected chi connectivity index (χ2v) is 5.86. The number of likely N-dealkylation sites (tertiary alicyclic amines) is 1. The highest BCUT2D eigenvalue weighted by atomic mass is 31.0. The van der Waals surface area contributed by atoms with Crippen LogP contribution in [-0.2, 0) is 4.79 Å². The minimum atomic E-state index is -0.943. The number of aliphatic hydroxyl groups is 1. The van der Waals surface area contributed by atoms with E-state index in [9.17, 15) is 9.90 Å². The molecule has 3 rings (SSSR count). The Bertz CT molecular complexity index is 548. The van der Waals surface area contributed by atoms with E-state index in [0.717, 1.165) is 25.9 Å². The van der Waals surface area contributed by atoms with E-state index in [1.165, 1.54) is 0 Å². The summed E-state index contributed by atoms with van der Waals surface area (Å²) in [5.74, 6) is 1.21. The lowest BCUT2D eigenvalue weighted by atomic mass is 10.0. The lowest BCUT2D eigenvalue weighted by molar-refractivity contribution is -0.134. The molecule has 2 N–H and O–H groups in total. The van der Waals surface area contributed by atoms with Crippen LogP contribution in [0.4, 0.5) is 0 Å². The predicted molar refractivity (Wildman–Crippen MR) is 84.8 cm³/mol. The van der Waals surface area contributed by atoms with Gasteiger partial charge in [0, 0.05) is 13.1 Å². The third kappa shape index (κ3) is 3.05. The van der Waals surface area contributed by atoms with E-state index in [0.29, 0.717) is 30.3 Å². The van der Waals surface area contributed by atoms with Crippen molar-refractivity contribution in [2.75, 3.05) is 26.3 Å². The first kappa shape index (κ1) is 15.5. The van der Waals surface area contributed by atoms with Gasteiger partial charge in [-0.3, -0.25) is 9.88 Å². The van der Waals surface area contributed by atoms with Gasteiger partial charge in [0.1, 0.15) is 25.4 Å². The molecule has 6 nitrogen and oxygen atoms in total. The molecule has 3 atom stereocenters. The summed E-state index contributed by atoms with van der Waals surface area (Å²) in [7, 11) is 2.33. The molecule has 1 saturated heterocycles. The van der Waals surface area contributed by atoms with E-state index in [2.05, 4.69) is 14.5 Å². The van der Waals surface area contributed by atoms with Crippen molar-refractivity contribution in [3.05, 3.63) is 23.8 Å². The lowest BCUT2D eigenvalue weighted by Gasteiger charge is -2.27. The van der Waals surface area contributed by atoms with Crippen molar-refractivity contribution in [2.45, 2.75) is 25.0 Å². The molecule has 0 saturated carbocycles. The van der Waals surface area contributed by atoms with Crippen LogP contribution in [0.25, 0.3) is 0 Å². The maximum atomic E-state index is 12.5. The largest absolute Gasteiger partial charge is 0.486 e. The van der Waals surface area contributed by atoms with Gasteiger partial charge in [0.05, 0.1) is 0 Å². The molecule has 2 heterocycles. The molecule has 0 radical (unpaired) electrons. The Labute approximate surface area is 132 Å². The summed E-state index contributed by atoms with van der Waals surface area (Å²) in [5.41, 5.74) is 0.636. The Morgan fingerprint density at radius 3 is 2.59 bits per heavy atom. The number of nitrogens with one attached hydrogen (secondary N) is 1. The monoisotopic (exact) mass is 324 g/mol. The molecule has 2 aliphatic rings. The minimum absolute atomic E-state index is 0.0742. The van der Waals surface area contributed by atoms with Gasteiger partial charge in [-0.1, -0.05) is 15.5 Å². The fourth-order valence-corrected chi connectivity index (χ4v) is 3.19. The molecule has 1 aromatic carbocycles. The standard InChI is InChI=1S/C15H21N2O4P/c18-14(13(16-22)15(19)17-5-1-2-6-17)10-3-4-11-12(9-10)21-8-7-20-11/h3-4,9,13-14,16,18H,1-2,5-8,22H2/t13-,14+/m0/s1. The van der Waals surface area contributed by atoms with E-state index in [1.54, 1.807) is 23.1 Å². The third-order valence-corrected chi connectivity index (χ3v) is 4.45. The highest BCUT2D eigenvalue weighted by Crippen LogP contribution is 2.33. The number of benzene rings is 1. The van der Waals surface area contributed by atoms with Gasteiger partial charge in [-0.15, -0.1) is 0 Å². The van der Waals surface area contributed by atoms with Gasteiger partial charge in [-0.25, -0.2) is 0 Å². The third-order valence-electron chi connectivity index (χ3n) is 4.09. The number of hydrogen-bond donors (Lipinski definition) is 2. The molecule has 1 aromatic rings. The van der Waals surface area contributed by atoms with Crippen LogP contribution in [0.2, 0.25) is 0 Å². The molecule has 0 bridgehead atoms. The first-order valence-electron chi connectivity index (χ1n) is 7.53. The zero-order valence-electron chi connectivity index (χ0n) is 12.3. The number of carbonyl (C=O) groups excluding carboxylic acids is 1. The summed E-state index contributed by atoms with van der Waals surface area (Å²) in [5, 5.41) is 13.5. The van der Waals surface area contributed by atoms with Crippen LogP contribution in [0.3, 0.4) is 0 Å². The zero-order valence-corrected chi connectivity index (χ0v) is 13.5. The topological polar surface area (TPSA) is 71.0 Å². The van der Waals surface area contributed by atoms with Crippen molar-refractivity contribution >= 4 is 15.3 Å². The summed E-state index contributed by atoms with van der Waals surface area (Å²) in [6, 6.07) is 4.59. The number of aliphatic hydroxyl groups excluding tert-OH is 1. The molecule has 1 fully saturated rings. The van der Waals surface area contributed by atoms with Crippen molar-refractivity contribution in [1.82, 2.24) is 9.99 Å². The smallest absolute Gasteiger partial charge is 0.243 e. The summed E-state index contributed by atoms with van der Waals surface area (Å²) in [6.45, 7) is 2.54. The second kappa shape index (κ2) is 6.82. The molecule has 1 unspecified atom stereocenters. The van der Waals surface area contributed by atoms with Crippen LogP contribution in [0.1, 0.15) is 24.5 Å². The molecule has 120 valence electrons. The first-order chi connectivity index (χ1) is 10.7. The Hall–Kier alpha value is -1.36. The van der Waals surface area contributed by atoms with Gasteiger partial charge < -0.3 is 19.5 Å². The summed E-state index contributed by atoms with van der Waals surface area (Å²) in [6.07, 6.45) is 1.10. The molecule has 1 amide bonds. The van der Waals surface area contributed by atoms with Crippen molar-refractivity contribution in [3.8, 4) is 11.5 Å². The lowest BCUT2D eigenvalue weighted by Crippen LogP contribution is -2.45. The van der Waals surface area contributed by atoms with Crippen molar-refractivity contribution in [3.63, 3.8) is 0 Å². The molecule has 2 aliphatic heterocycles. The van der Waals surface area contributed by atoms with Gasteiger partial charge in [-0.05, 0) is 30.5 Å². The fraction of sp³-hybridized carbons (Fsp3) is 0.533. The summed E-state index contributed by atoms with van der Waals surface area (Å²) >= 11 is 0. The number of carbonyl (C=O) groups is 1. The SMILES string of the molecule is O=C([C@@H](NP)[C@H](O)c1ccc2c(c1)OCCO2)N1CCCC1. The number of fused-ring (bicyclic) bond motifs is 1.